The molecule has 0 spiro atoms. The first-order valence-electron chi connectivity index (χ1n) is 13.7. The maximum Gasteiger partial charge on any atom is 0.328 e. The van der Waals surface area contributed by atoms with Gasteiger partial charge in [0.2, 0.25) is 0 Å². The monoisotopic (exact) mass is 538 g/mol. The number of carbonyl (C=O) groups is 2. The number of rotatable bonds is 12. The lowest BCUT2D eigenvalue weighted by Gasteiger charge is -2.51. The average Bonchev–Trinajstić information content (AvgIpc) is 3.26. The van der Waals surface area contributed by atoms with Gasteiger partial charge in [-0.25, -0.2) is 19.2 Å². The number of aliphatic imine (C=N–C) groups is 1. The van der Waals surface area contributed by atoms with E-state index in [1.807, 2.05) is 55.1 Å². The molecule has 0 aromatic heterocycles. The van der Waals surface area contributed by atoms with E-state index in [4.69, 9.17) is 10.7 Å². The summed E-state index contributed by atoms with van der Waals surface area (Å²) in [4.78, 5) is 36.3. The SMILES string of the molecule is CCCN1C(=O)C2N(N(CC)CCO)C(Cc3ccc(F)cc3)=NC2(CC)N(CCc2ccc(N)cc2)C1=O. The molecule has 2 atom stereocenters. The molecule has 10 heteroatoms. The van der Waals surface area contributed by atoms with Crippen molar-refractivity contribution < 1.29 is 19.1 Å². The number of nitrogens with two attached hydrogens (primary N) is 1. The molecule has 9 nitrogen and oxygen atoms in total. The maximum atomic E-state index is 14.1. The Balaban J connectivity index is 1.81. The highest BCUT2D eigenvalue weighted by molar-refractivity contribution is 6.05. The van der Waals surface area contributed by atoms with Gasteiger partial charge < -0.3 is 10.8 Å². The lowest BCUT2D eigenvalue weighted by molar-refractivity contribution is -0.151. The number of nitrogen functional groups attached to an aromatic ring is 1. The Morgan fingerprint density at radius 1 is 1.03 bits per heavy atom. The lowest BCUT2D eigenvalue weighted by Crippen LogP contribution is -2.74. The summed E-state index contributed by atoms with van der Waals surface area (Å²) >= 11 is 0. The third kappa shape index (κ3) is 5.49. The minimum Gasteiger partial charge on any atom is -0.399 e. The molecule has 3 N–H and O–H groups in total. The fourth-order valence-corrected chi connectivity index (χ4v) is 5.62. The van der Waals surface area contributed by atoms with Gasteiger partial charge in [-0.2, -0.15) is 0 Å². The number of carbonyl (C=O) groups excluding carboxylic acids is 2. The van der Waals surface area contributed by atoms with Crippen LogP contribution in [-0.2, 0) is 17.6 Å². The maximum absolute atomic E-state index is 14.1. The first kappa shape index (κ1) is 28.5. The highest BCUT2D eigenvalue weighted by Crippen LogP contribution is 2.42. The quantitative estimate of drug-likeness (QED) is 0.402. The van der Waals surface area contributed by atoms with Gasteiger partial charge in [0.25, 0.3) is 5.91 Å². The van der Waals surface area contributed by atoms with Gasteiger partial charge in [0.1, 0.15) is 11.7 Å². The fourth-order valence-electron chi connectivity index (χ4n) is 5.62. The topological polar surface area (TPSA) is 106 Å². The van der Waals surface area contributed by atoms with Crippen LogP contribution in [0.25, 0.3) is 0 Å². The van der Waals surface area contributed by atoms with Gasteiger partial charge >= 0.3 is 6.03 Å². The number of amides is 3. The molecule has 2 aliphatic rings. The molecule has 1 saturated heterocycles. The second kappa shape index (κ2) is 12.1. The summed E-state index contributed by atoms with van der Waals surface area (Å²) in [5.74, 6) is -0.00891. The molecule has 0 bridgehead atoms. The molecular weight excluding hydrogens is 499 g/mol. The normalized spacial score (nSPS) is 21.1. The third-order valence-electron chi connectivity index (χ3n) is 7.57. The number of amidine groups is 1. The molecule has 2 aliphatic heterocycles. The number of urea groups is 1. The standard InChI is InChI=1S/C29H39FN6O3/c1-4-16-34-27(38)26-29(5-2,35(28(34)39)17-15-21-9-13-24(31)14-10-21)32-25(36(26)33(6-3)18-19-37)20-22-7-11-23(30)12-8-22/h7-14,26,37H,4-6,15-20,31H2,1-3H3. The number of halogens is 1. The number of likely N-dealkylation sites (N-methyl/N-ethyl adjacent to an activating group) is 1. The van der Waals surface area contributed by atoms with E-state index in [0.29, 0.717) is 63.4 Å². The zero-order valence-corrected chi connectivity index (χ0v) is 23.0. The molecule has 3 amide bonds. The van der Waals surface area contributed by atoms with Crippen LogP contribution in [0.3, 0.4) is 0 Å². The molecule has 2 aromatic rings. The van der Waals surface area contributed by atoms with E-state index in [1.54, 1.807) is 17.0 Å². The molecule has 210 valence electrons. The molecule has 0 saturated carbocycles. The minimum atomic E-state index is -1.12. The zero-order valence-electron chi connectivity index (χ0n) is 23.0. The number of anilines is 1. The van der Waals surface area contributed by atoms with E-state index in [0.717, 1.165) is 11.1 Å². The number of hydrazine groups is 1. The second-order valence-electron chi connectivity index (χ2n) is 10.00. The summed E-state index contributed by atoms with van der Waals surface area (Å²) in [6.45, 7) is 7.24. The number of benzene rings is 2. The van der Waals surface area contributed by atoms with Gasteiger partial charge in [-0.3, -0.25) is 19.6 Å². The van der Waals surface area contributed by atoms with E-state index in [2.05, 4.69) is 0 Å². The van der Waals surface area contributed by atoms with Crippen molar-refractivity contribution in [3.05, 3.63) is 65.5 Å². The molecule has 0 aliphatic carbocycles. The van der Waals surface area contributed by atoms with Gasteiger partial charge in [-0.05, 0) is 54.7 Å². The van der Waals surface area contributed by atoms with Crippen LogP contribution in [0.15, 0.2) is 53.5 Å². The van der Waals surface area contributed by atoms with Crippen LogP contribution in [0, 0.1) is 5.82 Å². The van der Waals surface area contributed by atoms with Crippen molar-refractivity contribution in [1.82, 2.24) is 19.8 Å². The number of aliphatic hydroxyl groups is 1. The highest BCUT2D eigenvalue weighted by Gasteiger charge is 2.62. The average molecular weight is 539 g/mol. The molecular formula is C29H39FN6O3. The smallest absolute Gasteiger partial charge is 0.328 e. The van der Waals surface area contributed by atoms with Crippen molar-refractivity contribution in [2.75, 3.05) is 38.5 Å². The predicted molar refractivity (Wildman–Crippen MR) is 149 cm³/mol. The van der Waals surface area contributed by atoms with Crippen molar-refractivity contribution in [2.45, 2.75) is 58.2 Å². The molecule has 2 aromatic carbocycles. The molecule has 1 fully saturated rings. The highest BCUT2D eigenvalue weighted by atomic mass is 19.1. The Kier molecular flexibility index (Phi) is 8.87. The van der Waals surface area contributed by atoms with Crippen LogP contribution in [0.1, 0.15) is 44.7 Å². The van der Waals surface area contributed by atoms with Crippen molar-refractivity contribution in [3.63, 3.8) is 0 Å². The van der Waals surface area contributed by atoms with Gasteiger partial charge in [0.15, 0.2) is 11.7 Å². The Labute approximate surface area is 229 Å². The first-order chi connectivity index (χ1) is 18.8. The summed E-state index contributed by atoms with van der Waals surface area (Å²) in [6.07, 6.45) is 1.98. The number of aliphatic hydroxyl groups excluding tert-OH is 1. The Morgan fingerprint density at radius 3 is 2.28 bits per heavy atom. The molecule has 39 heavy (non-hydrogen) atoms. The molecule has 2 unspecified atom stereocenters. The van der Waals surface area contributed by atoms with Crippen LogP contribution >= 0.6 is 0 Å². The summed E-state index contributed by atoms with van der Waals surface area (Å²) in [5.41, 5.74) is 7.27. The van der Waals surface area contributed by atoms with Crippen LogP contribution in [0.2, 0.25) is 0 Å². The molecule has 0 radical (unpaired) electrons. The summed E-state index contributed by atoms with van der Waals surface area (Å²) in [6, 6.07) is 12.7. The fraction of sp³-hybridized carbons (Fsp3) is 0.483. The van der Waals surface area contributed by atoms with Crippen LogP contribution in [-0.4, -0.2) is 87.2 Å². The Hall–Kier alpha value is -3.50. The minimum absolute atomic E-state index is 0.105. The van der Waals surface area contributed by atoms with Crippen molar-refractivity contribution >= 4 is 23.5 Å². The van der Waals surface area contributed by atoms with Crippen molar-refractivity contribution in [2.24, 2.45) is 4.99 Å². The largest absolute Gasteiger partial charge is 0.399 e. The van der Waals surface area contributed by atoms with Crippen LogP contribution < -0.4 is 5.73 Å². The third-order valence-corrected chi connectivity index (χ3v) is 7.57. The lowest BCUT2D eigenvalue weighted by atomic mass is 9.91. The van der Waals surface area contributed by atoms with E-state index in [9.17, 15) is 19.1 Å². The number of nitrogens with zero attached hydrogens (tertiary/aromatic N) is 5. The number of hydrogen-bond donors (Lipinski definition) is 2. The zero-order chi connectivity index (χ0) is 28.2. The van der Waals surface area contributed by atoms with Crippen LogP contribution in [0.5, 0.6) is 0 Å². The first-order valence-corrected chi connectivity index (χ1v) is 13.7. The molecule has 2 heterocycles. The van der Waals surface area contributed by atoms with E-state index >= 15 is 0 Å². The number of hydrogen-bond acceptors (Lipinski definition) is 7. The Bertz CT molecular complexity index is 1190. The van der Waals surface area contributed by atoms with E-state index in [-0.39, 0.29) is 24.4 Å². The summed E-state index contributed by atoms with van der Waals surface area (Å²) < 4.78 is 13.6. The van der Waals surface area contributed by atoms with E-state index < -0.39 is 11.7 Å². The van der Waals surface area contributed by atoms with Gasteiger partial charge in [0.05, 0.1) is 6.61 Å². The molecule has 4 rings (SSSR count). The number of imide groups is 1. The summed E-state index contributed by atoms with van der Waals surface area (Å²) in [5, 5.41) is 13.7. The van der Waals surface area contributed by atoms with Crippen molar-refractivity contribution in [3.8, 4) is 0 Å². The second-order valence-corrected chi connectivity index (χ2v) is 10.00. The van der Waals surface area contributed by atoms with Gasteiger partial charge in [-0.1, -0.05) is 45.0 Å². The number of fused-ring (bicyclic) bond motifs is 1. The van der Waals surface area contributed by atoms with Crippen molar-refractivity contribution in [1.29, 1.82) is 0 Å². The summed E-state index contributed by atoms with van der Waals surface area (Å²) in [7, 11) is 0. The van der Waals surface area contributed by atoms with Gasteiger partial charge in [0, 0.05) is 38.3 Å². The van der Waals surface area contributed by atoms with Gasteiger partial charge in [-0.15, -0.1) is 0 Å². The predicted octanol–water partition coefficient (Wildman–Crippen LogP) is 3.29. The van der Waals surface area contributed by atoms with Crippen LogP contribution in [0.4, 0.5) is 14.9 Å². The van der Waals surface area contributed by atoms with E-state index in [1.165, 1.54) is 17.0 Å². The Morgan fingerprint density at radius 2 is 1.69 bits per heavy atom.